The summed E-state index contributed by atoms with van der Waals surface area (Å²) in [5.74, 6) is 0. The summed E-state index contributed by atoms with van der Waals surface area (Å²) >= 11 is 0. The van der Waals surface area contributed by atoms with Crippen molar-refractivity contribution in [2.45, 2.75) is 0 Å². The summed E-state index contributed by atoms with van der Waals surface area (Å²) in [5.41, 5.74) is 0. The fourth-order valence-electron chi connectivity index (χ4n) is 0. The van der Waals surface area contributed by atoms with Gasteiger partial charge in [-0.05, 0) is 0 Å². The minimum atomic E-state index is 0. The molecule has 0 aromatic rings. The summed E-state index contributed by atoms with van der Waals surface area (Å²) in [5, 5.41) is 0. The normalized spacial score (nSPS) is 0. The summed E-state index contributed by atoms with van der Waals surface area (Å²) < 4.78 is 0. The van der Waals surface area contributed by atoms with Crippen LogP contribution in [-0.2, 0) is 0 Å². The predicted molar refractivity (Wildman–Crippen MR) is 23.6 cm³/mol. The van der Waals surface area contributed by atoms with E-state index in [1.165, 1.54) is 0 Å². The van der Waals surface area contributed by atoms with Crippen molar-refractivity contribution >= 4 is 23.1 Å². The van der Waals surface area contributed by atoms with Gasteiger partial charge in [0.2, 0.25) is 0 Å². The molecule has 0 N–H and O–H groups in total. The zero-order chi connectivity index (χ0) is 0. The molecule has 0 radical (unpaired) electrons. The molecule has 0 rings (SSSR count). The molecule has 0 amide bonds. The van der Waals surface area contributed by atoms with Crippen LogP contribution in [0.2, 0.25) is 0 Å². The largest absolute Gasteiger partial charge is 0.316 e. The first-order valence-electron chi connectivity index (χ1n) is 0. The van der Waals surface area contributed by atoms with Gasteiger partial charge in [-0.25, -0.2) is 0 Å². The topological polar surface area (TPSA) is 0 Å². The standard InChI is InChI=1S/6FH.Mg.U.2H/h6*1H;;;;. The van der Waals surface area contributed by atoms with Crippen molar-refractivity contribution in [2.75, 3.05) is 0 Å². The van der Waals surface area contributed by atoms with E-state index >= 15 is 0 Å². The van der Waals surface area contributed by atoms with Crippen molar-refractivity contribution in [3.63, 3.8) is 0 Å². The van der Waals surface area contributed by atoms with Crippen molar-refractivity contribution in [3.8, 4) is 0 Å². The molecule has 0 aromatic heterocycles. The van der Waals surface area contributed by atoms with Crippen LogP contribution in [0.25, 0.3) is 0 Å². The maximum absolute atomic E-state index is 0. The Morgan fingerprint density at radius 1 is 0.375 bits per heavy atom. The van der Waals surface area contributed by atoms with E-state index in [-0.39, 0.29) is 82.4 Å². The van der Waals surface area contributed by atoms with E-state index < -0.39 is 0 Å². The molecule has 0 heterocycles. The monoisotopic (exact) mass is 384 g/mol. The summed E-state index contributed by atoms with van der Waals surface area (Å²) in [6.45, 7) is 0. The zero-order valence-corrected chi connectivity index (χ0v) is 7.11. The molecule has 0 fully saturated rings. The average Bonchev–Trinajstić information content (AvgIpc) is 0. The summed E-state index contributed by atoms with van der Waals surface area (Å²) in [4.78, 5) is 0. The van der Waals surface area contributed by atoms with Gasteiger partial charge >= 0.3 is 23.1 Å². The van der Waals surface area contributed by atoms with Crippen LogP contribution >= 0.6 is 0 Å². The molecule has 0 saturated carbocycles. The van der Waals surface area contributed by atoms with Gasteiger partial charge in [0.1, 0.15) is 0 Å². The molecule has 0 spiro atoms. The van der Waals surface area contributed by atoms with E-state index in [1.54, 1.807) is 0 Å². The number of rotatable bonds is 0. The van der Waals surface area contributed by atoms with E-state index in [4.69, 9.17) is 0 Å². The second-order valence-corrected chi connectivity index (χ2v) is 0. The maximum atomic E-state index is 0. The second-order valence-electron chi connectivity index (χ2n) is 0. The van der Waals surface area contributed by atoms with Gasteiger partial charge in [0.05, 0.1) is 0 Å². The van der Waals surface area contributed by atoms with Gasteiger partial charge in [-0.1, -0.05) is 0 Å². The molecule has 0 saturated heterocycles. The summed E-state index contributed by atoms with van der Waals surface area (Å²) in [6.07, 6.45) is 0. The summed E-state index contributed by atoms with van der Waals surface area (Å²) in [7, 11) is 0. The Morgan fingerprint density at radius 3 is 0.375 bits per heavy atom. The molecule has 0 aliphatic rings. The van der Waals surface area contributed by atoms with Crippen LogP contribution in [0.3, 0.4) is 0 Å². The molecule has 0 aliphatic heterocycles. The van der Waals surface area contributed by atoms with Crippen LogP contribution in [-0.4, -0.2) is 23.1 Å². The first kappa shape index (κ1) is 339. The molecule has 0 atom stereocenters. The number of hydrogen-bond acceptors (Lipinski definition) is 0. The Hall–Kier alpha value is 1.40. The van der Waals surface area contributed by atoms with Crippen molar-refractivity contribution < 1.29 is 59.3 Å². The number of halogens is 6. The Balaban J connectivity index is 0. The Kier molecular flexibility index (Phi) is 9970. The van der Waals surface area contributed by atoms with Gasteiger partial charge in [0.25, 0.3) is 0 Å². The minimum absolute atomic E-state index is 0. The second kappa shape index (κ2) is 235. The molecule has 8 heteroatoms. The van der Waals surface area contributed by atoms with Crippen molar-refractivity contribution in [1.29, 1.82) is 0 Å². The fraction of sp³-hybridized carbons (Fsp3) is 0. The maximum Gasteiger partial charge on any atom is 0.316 e. The van der Waals surface area contributed by atoms with Crippen molar-refractivity contribution in [2.24, 2.45) is 0 Å². The fourth-order valence-corrected chi connectivity index (χ4v) is 0. The van der Waals surface area contributed by atoms with Crippen LogP contribution < -0.4 is 0 Å². The van der Waals surface area contributed by atoms with Crippen LogP contribution in [0.15, 0.2) is 0 Å². The third-order valence-electron chi connectivity index (χ3n) is 0. The van der Waals surface area contributed by atoms with E-state index in [2.05, 4.69) is 0 Å². The molecular formula is H8F6MgU. The Bertz CT molecular complexity index is 8.49. The average molecular weight is 384 g/mol. The van der Waals surface area contributed by atoms with E-state index in [0.29, 0.717) is 0 Å². The smallest absolute Gasteiger partial charge is 0.269 e. The molecule has 56 valence electrons. The van der Waals surface area contributed by atoms with Gasteiger partial charge in [0, 0.05) is 31.1 Å². The van der Waals surface area contributed by atoms with Gasteiger partial charge < -0.3 is 0 Å². The van der Waals surface area contributed by atoms with Crippen LogP contribution in [0.5, 0.6) is 0 Å². The van der Waals surface area contributed by atoms with Gasteiger partial charge in [-0.3, -0.25) is 28.2 Å². The Morgan fingerprint density at radius 2 is 0.375 bits per heavy atom. The molecule has 0 aliphatic carbocycles. The minimum Gasteiger partial charge on any atom is -0.269 e. The molecule has 0 unspecified atom stereocenters. The third kappa shape index (κ3) is 155. The molecular weight excluding hydrogens is 376 g/mol. The quantitative estimate of drug-likeness (QED) is 0.408. The van der Waals surface area contributed by atoms with Gasteiger partial charge in [-0.2, -0.15) is 0 Å². The predicted octanol–water partition coefficient (Wildman–Crippen LogP) is -0.00120. The van der Waals surface area contributed by atoms with E-state index in [0.717, 1.165) is 0 Å². The Labute approximate surface area is 81.9 Å². The van der Waals surface area contributed by atoms with Crippen LogP contribution in [0, 0.1) is 31.1 Å². The molecule has 8 heavy (non-hydrogen) atoms. The first-order valence-corrected chi connectivity index (χ1v) is 0. The zero-order valence-electron chi connectivity index (χ0n) is 2.95. The molecule has 0 aromatic carbocycles. The molecule has 0 nitrogen and oxygen atoms in total. The van der Waals surface area contributed by atoms with E-state index in [1.807, 2.05) is 0 Å². The molecule has 0 bridgehead atoms. The van der Waals surface area contributed by atoms with Crippen molar-refractivity contribution in [3.05, 3.63) is 0 Å². The van der Waals surface area contributed by atoms with Crippen LogP contribution in [0.4, 0.5) is 28.2 Å². The van der Waals surface area contributed by atoms with E-state index in [9.17, 15) is 0 Å². The van der Waals surface area contributed by atoms with Crippen molar-refractivity contribution in [1.82, 2.24) is 0 Å². The van der Waals surface area contributed by atoms with Crippen LogP contribution in [0.1, 0.15) is 0 Å². The summed E-state index contributed by atoms with van der Waals surface area (Å²) in [6, 6.07) is 0. The van der Waals surface area contributed by atoms with Gasteiger partial charge in [-0.15, -0.1) is 0 Å². The third-order valence-corrected chi connectivity index (χ3v) is 0. The first-order chi connectivity index (χ1) is 0. The number of hydrogen-bond donors (Lipinski definition) is 0. The van der Waals surface area contributed by atoms with Gasteiger partial charge in [0.15, 0.2) is 0 Å². The SMILES string of the molecule is F.F.F.F.F.F.[MgH2].[U].